The molecule has 0 radical (unpaired) electrons. The van der Waals surface area contributed by atoms with Crippen molar-refractivity contribution in [1.29, 1.82) is 0 Å². The van der Waals surface area contributed by atoms with Crippen molar-refractivity contribution >= 4 is 11.9 Å². The van der Waals surface area contributed by atoms with Crippen LogP contribution in [0.2, 0.25) is 0 Å². The van der Waals surface area contributed by atoms with Crippen LogP contribution in [0.3, 0.4) is 0 Å². The number of halogens is 4. The van der Waals surface area contributed by atoms with E-state index >= 15 is 0 Å². The van der Waals surface area contributed by atoms with Gasteiger partial charge in [0.25, 0.3) is 5.91 Å². The number of ether oxygens (including phenoxy) is 1. The first-order chi connectivity index (χ1) is 18.5. The van der Waals surface area contributed by atoms with E-state index in [1.807, 2.05) is 0 Å². The molecule has 39 heavy (non-hydrogen) atoms. The highest BCUT2D eigenvalue weighted by Crippen LogP contribution is 2.30. The molecule has 4 aromatic rings. The molecule has 0 fully saturated rings. The summed E-state index contributed by atoms with van der Waals surface area (Å²) in [6.45, 7) is 1.46. The third-order valence-corrected chi connectivity index (χ3v) is 5.88. The lowest BCUT2D eigenvalue weighted by Crippen LogP contribution is -2.31. The van der Waals surface area contributed by atoms with Gasteiger partial charge in [-0.15, -0.1) is 0 Å². The number of aliphatic carboxylic acids is 1. The zero-order valence-electron chi connectivity index (χ0n) is 20.6. The predicted molar refractivity (Wildman–Crippen MR) is 133 cm³/mol. The van der Waals surface area contributed by atoms with E-state index < -0.39 is 41.9 Å². The largest absolute Gasteiger partial charge is 0.481 e. The minimum Gasteiger partial charge on any atom is -0.481 e. The SMILES string of the molecule is Cc1ccccc1[C@H](CC(=O)O)NC(=O)c1cc(OCc2cccc(C(F)(F)F)c2)n(-c2ccccc2F)n1. The fourth-order valence-electron chi connectivity index (χ4n) is 3.99. The fourth-order valence-corrected chi connectivity index (χ4v) is 3.99. The van der Waals surface area contributed by atoms with E-state index in [1.54, 1.807) is 31.2 Å². The Kier molecular flexibility index (Phi) is 7.99. The number of benzene rings is 3. The van der Waals surface area contributed by atoms with Crippen molar-refractivity contribution in [1.82, 2.24) is 15.1 Å². The van der Waals surface area contributed by atoms with Gasteiger partial charge in [0.15, 0.2) is 5.69 Å². The Morgan fingerprint density at radius 1 is 1.03 bits per heavy atom. The minimum atomic E-state index is -4.54. The van der Waals surface area contributed by atoms with Crippen LogP contribution >= 0.6 is 0 Å². The molecule has 11 heteroatoms. The lowest BCUT2D eigenvalue weighted by Gasteiger charge is -2.18. The van der Waals surface area contributed by atoms with Gasteiger partial charge in [0.2, 0.25) is 5.88 Å². The molecule has 202 valence electrons. The van der Waals surface area contributed by atoms with Gasteiger partial charge in [0, 0.05) is 6.07 Å². The van der Waals surface area contributed by atoms with Crippen LogP contribution in [0.25, 0.3) is 5.69 Å². The standard InChI is InChI=1S/C28H23F4N3O4/c1-17-7-2-3-10-20(17)22(15-26(36)37)33-27(38)23-14-25(35(34-23)24-12-5-4-11-21(24)29)39-16-18-8-6-9-19(13-18)28(30,31)32/h2-14,22H,15-16H2,1H3,(H,33,38)(H,36,37)/t22-/m0/s1. The highest BCUT2D eigenvalue weighted by Gasteiger charge is 2.30. The van der Waals surface area contributed by atoms with E-state index in [4.69, 9.17) is 4.74 Å². The van der Waals surface area contributed by atoms with E-state index in [1.165, 1.54) is 42.5 Å². The summed E-state index contributed by atoms with van der Waals surface area (Å²) >= 11 is 0. The second-order valence-electron chi connectivity index (χ2n) is 8.70. The van der Waals surface area contributed by atoms with Crippen LogP contribution in [0, 0.1) is 12.7 Å². The molecule has 0 aliphatic rings. The number of amides is 1. The van der Waals surface area contributed by atoms with Crippen LogP contribution in [0.1, 0.15) is 45.2 Å². The topological polar surface area (TPSA) is 93.5 Å². The Morgan fingerprint density at radius 3 is 2.44 bits per heavy atom. The van der Waals surface area contributed by atoms with Crippen LogP contribution in [0.15, 0.2) is 78.9 Å². The highest BCUT2D eigenvalue weighted by atomic mass is 19.4. The number of nitrogens with one attached hydrogen (secondary N) is 1. The fraction of sp³-hybridized carbons (Fsp3) is 0.179. The molecule has 0 unspecified atom stereocenters. The number of aryl methyl sites for hydroxylation is 1. The summed E-state index contributed by atoms with van der Waals surface area (Å²) in [5.74, 6) is -2.66. The molecule has 0 spiro atoms. The van der Waals surface area contributed by atoms with Crippen LogP contribution in [0.4, 0.5) is 17.6 Å². The van der Waals surface area contributed by atoms with Gasteiger partial charge >= 0.3 is 12.1 Å². The number of carboxylic acids is 1. The number of hydrogen-bond donors (Lipinski definition) is 2. The van der Waals surface area contributed by atoms with Crippen molar-refractivity contribution in [3.05, 3.63) is 113 Å². The maximum atomic E-state index is 14.6. The third-order valence-electron chi connectivity index (χ3n) is 5.88. The van der Waals surface area contributed by atoms with E-state index in [-0.39, 0.29) is 29.4 Å². The van der Waals surface area contributed by atoms with Crippen molar-refractivity contribution < 1.29 is 37.0 Å². The highest BCUT2D eigenvalue weighted by molar-refractivity contribution is 5.93. The molecule has 0 aliphatic carbocycles. The Bertz CT molecular complexity index is 1500. The van der Waals surface area contributed by atoms with E-state index in [2.05, 4.69) is 10.4 Å². The van der Waals surface area contributed by atoms with Crippen molar-refractivity contribution in [2.45, 2.75) is 32.2 Å². The van der Waals surface area contributed by atoms with Gasteiger partial charge in [-0.2, -0.15) is 23.0 Å². The van der Waals surface area contributed by atoms with Crippen molar-refractivity contribution in [3.8, 4) is 11.6 Å². The molecule has 1 atom stereocenters. The van der Waals surface area contributed by atoms with E-state index in [0.717, 1.165) is 22.4 Å². The summed E-state index contributed by atoms with van der Waals surface area (Å²) in [6.07, 6.45) is -4.94. The quantitative estimate of drug-likeness (QED) is 0.259. The Morgan fingerprint density at radius 2 is 1.74 bits per heavy atom. The molecular weight excluding hydrogens is 518 g/mol. The lowest BCUT2D eigenvalue weighted by atomic mass is 9.98. The first kappa shape index (κ1) is 27.4. The molecule has 2 N–H and O–H groups in total. The summed E-state index contributed by atoms with van der Waals surface area (Å²) in [7, 11) is 0. The zero-order valence-corrected chi connectivity index (χ0v) is 20.6. The van der Waals surface area contributed by atoms with Crippen molar-refractivity contribution in [3.63, 3.8) is 0 Å². The monoisotopic (exact) mass is 541 g/mol. The third kappa shape index (κ3) is 6.61. The van der Waals surface area contributed by atoms with Gasteiger partial charge in [-0.05, 0) is 47.9 Å². The summed E-state index contributed by atoms with van der Waals surface area (Å²) in [5.41, 5.74) is 0.442. The summed E-state index contributed by atoms with van der Waals surface area (Å²) < 4.78 is 60.7. The average Bonchev–Trinajstić information content (AvgIpc) is 3.31. The molecule has 7 nitrogen and oxygen atoms in total. The summed E-state index contributed by atoms with van der Waals surface area (Å²) in [6, 6.07) is 17.4. The molecule has 1 amide bonds. The summed E-state index contributed by atoms with van der Waals surface area (Å²) in [4.78, 5) is 24.7. The van der Waals surface area contributed by atoms with Gasteiger partial charge in [-0.25, -0.2) is 4.39 Å². The van der Waals surface area contributed by atoms with Crippen LogP contribution in [-0.4, -0.2) is 26.8 Å². The number of nitrogens with zero attached hydrogens (tertiary/aromatic N) is 2. The molecule has 1 heterocycles. The van der Waals surface area contributed by atoms with Gasteiger partial charge in [0.1, 0.15) is 18.1 Å². The Labute approximate surface area is 220 Å². The van der Waals surface area contributed by atoms with Gasteiger partial charge < -0.3 is 15.2 Å². The smallest absolute Gasteiger partial charge is 0.416 e. The summed E-state index contributed by atoms with van der Waals surface area (Å²) in [5, 5.41) is 16.2. The number of carbonyl (C=O) groups excluding carboxylic acids is 1. The molecule has 4 rings (SSSR count). The molecule has 1 aromatic heterocycles. The predicted octanol–water partition coefficient (Wildman–Crippen LogP) is 5.86. The van der Waals surface area contributed by atoms with Crippen LogP contribution in [-0.2, 0) is 17.6 Å². The number of carboxylic acid groups (broad SMARTS) is 1. The van der Waals surface area contributed by atoms with Gasteiger partial charge in [-0.1, -0.05) is 48.5 Å². The van der Waals surface area contributed by atoms with E-state index in [0.29, 0.717) is 5.56 Å². The second kappa shape index (κ2) is 11.4. The molecule has 0 saturated carbocycles. The van der Waals surface area contributed by atoms with Crippen LogP contribution in [0.5, 0.6) is 5.88 Å². The molecule has 0 saturated heterocycles. The van der Waals surface area contributed by atoms with Crippen LogP contribution < -0.4 is 10.1 Å². The molecule has 3 aromatic carbocycles. The number of aromatic nitrogens is 2. The Hall–Kier alpha value is -4.67. The number of para-hydroxylation sites is 1. The normalized spacial score (nSPS) is 12.1. The lowest BCUT2D eigenvalue weighted by molar-refractivity contribution is -0.138. The van der Waals surface area contributed by atoms with Crippen molar-refractivity contribution in [2.75, 3.05) is 0 Å². The maximum absolute atomic E-state index is 14.6. The molecular formula is C28H23F4N3O4. The maximum Gasteiger partial charge on any atom is 0.416 e. The zero-order chi connectivity index (χ0) is 28.2. The molecule has 0 bridgehead atoms. The number of rotatable bonds is 9. The van der Waals surface area contributed by atoms with E-state index in [9.17, 15) is 32.3 Å². The average molecular weight is 542 g/mol. The molecule has 0 aliphatic heterocycles. The second-order valence-corrected chi connectivity index (χ2v) is 8.70. The first-order valence-corrected chi connectivity index (χ1v) is 11.7. The van der Waals surface area contributed by atoms with Gasteiger partial charge in [-0.3, -0.25) is 9.59 Å². The minimum absolute atomic E-state index is 0.0587. The Balaban J connectivity index is 1.65. The van der Waals surface area contributed by atoms with Crippen molar-refractivity contribution in [2.24, 2.45) is 0 Å². The van der Waals surface area contributed by atoms with Gasteiger partial charge in [0.05, 0.1) is 18.0 Å². The number of alkyl halides is 3. The first-order valence-electron chi connectivity index (χ1n) is 11.7. The number of hydrogen-bond acceptors (Lipinski definition) is 4. The number of carbonyl (C=O) groups is 2.